The van der Waals surface area contributed by atoms with E-state index in [2.05, 4.69) is 56.9 Å². The maximum Gasteiger partial charge on any atom is 0.0651 e. The Hall–Kier alpha value is -1.58. The van der Waals surface area contributed by atoms with E-state index in [1.165, 1.54) is 17.2 Å². The number of aliphatic hydroxyl groups excluding tert-OH is 2. The topological polar surface area (TPSA) is 53.4 Å². The third-order valence-corrected chi connectivity index (χ3v) is 9.64. The van der Waals surface area contributed by atoms with Gasteiger partial charge in [0.2, 0.25) is 0 Å². The molecule has 4 heteroatoms. The van der Waals surface area contributed by atoms with E-state index in [-0.39, 0.29) is 49.1 Å². The largest absolute Gasteiger partial charge is 0.392 e. The van der Waals surface area contributed by atoms with Crippen molar-refractivity contribution in [2.24, 2.45) is 22.7 Å². The standard InChI is InChI=1S/C17H32O2.C15H10N.Ir/c1-5-16(6-2)10-9-12-11-17(7-3,8-4)15(19)13(12)14(16)18;1-2-6-12(7-3-1)15-10-13-8-4-5-9-14(13)11-16-15;/h12-15,18-19H,5-11H2,1-4H3;1-6,8-11H;/q;-1;. The molecule has 1 aromatic heterocycles. The monoisotopic (exact) mass is 665 g/mol. The zero-order valence-corrected chi connectivity index (χ0v) is 24.6. The number of aromatic nitrogens is 1. The first-order valence-corrected chi connectivity index (χ1v) is 13.6. The van der Waals surface area contributed by atoms with Gasteiger partial charge in [-0.1, -0.05) is 58.0 Å². The van der Waals surface area contributed by atoms with E-state index in [1.807, 2.05) is 42.6 Å². The number of fused-ring (bicyclic) bond motifs is 2. The van der Waals surface area contributed by atoms with Crippen LogP contribution >= 0.6 is 0 Å². The van der Waals surface area contributed by atoms with Gasteiger partial charge >= 0.3 is 0 Å². The molecule has 2 saturated carbocycles. The average molecular weight is 665 g/mol. The second-order valence-electron chi connectivity index (χ2n) is 10.8. The number of hydrogen-bond donors (Lipinski definition) is 2. The zero-order chi connectivity index (χ0) is 25.1. The molecule has 2 aromatic carbocycles. The Balaban J connectivity index is 0.000000197. The summed E-state index contributed by atoms with van der Waals surface area (Å²) in [5.74, 6) is 0.657. The summed E-state index contributed by atoms with van der Waals surface area (Å²) in [5.41, 5.74) is 2.13. The first-order valence-electron chi connectivity index (χ1n) is 13.6. The van der Waals surface area contributed by atoms with Crippen molar-refractivity contribution in [3.05, 3.63) is 66.9 Å². The molecule has 1 heterocycles. The fraction of sp³-hybridized carbons (Fsp3) is 0.531. The summed E-state index contributed by atoms with van der Waals surface area (Å²) in [6, 6.07) is 21.4. The van der Waals surface area contributed by atoms with Gasteiger partial charge in [0, 0.05) is 32.2 Å². The van der Waals surface area contributed by atoms with Crippen molar-refractivity contribution < 1.29 is 30.3 Å². The quantitative estimate of drug-likeness (QED) is 0.279. The zero-order valence-electron chi connectivity index (χ0n) is 22.2. The van der Waals surface area contributed by atoms with Gasteiger partial charge in [-0.25, -0.2) is 0 Å². The van der Waals surface area contributed by atoms with Crippen LogP contribution in [-0.4, -0.2) is 27.4 Å². The van der Waals surface area contributed by atoms with Gasteiger partial charge in [-0.05, 0) is 78.2 Å². The summed E-state index contributed by atoms with van der Waals surface area (Å²) in [5, 5.41) is 24.2. The molecular formula is C32H42IrNO2-. The predicted octanol–water partition coefficient (Wildman–Crippen LogP) is 7.45. The summed E-state index contributed by atoms with van der Waals surface area (Å²) >= 11 is 0. The Morgan fingerprint density at radius 2 is 1.47 bits per heavy atom. The fourth-order valence-electron chi connectivity index (χ4n) is 6.96. The molecule has 2 N–H and O–H groups in total. The summed E-state index contributed by atoms with van der Waals surface area (Å²) < 4.78 is 0. The molecule has 2 fully saturated rings. The molecule has 0 spiro atoms. The molecule has 197 valence electrons. The van der Waals surface area contributed by atoms with E-state index in [0.29, 0.717) is 5.92 Å². The molecule has 0 aliphatic heterocycles. The molecule has 2 aliphatic carbocycles. The van der Waals surface area contributed by atoms with Gasteiger partial charge in [-0.3, -0.25) is 0 Å². The molecular weight excluding hydrogens is 623 g/mol. The minimum Gasteiger partial charge on any atom is -0.392 e. The number of hydrogen-bond acceptors (Lipinski definition) is 3. The fourth-order valence-corrected chi connectivity index (χ4v) is 6.96. The van der Waals surface area contributed by atoms with Crippen molar-refractivity contribution in [2.75, 3.05) is 0 Å². The van der Waals surface area contributed by atoms with Crippen LogP contribution in [0.25, 0.3) is 22.0 Å². The van der Waals surface area contributed by atoms with E-state index in [0.717, 1.165) is 49.8 Å². The van der Waals surface area contributed by atoms with Gasteiger partial charge in [0.25, 0.3) is 0 Å². The molecule has 1 radical (unpaired) electrons. The van der Waals surface area contributed by atoms with Crippen molar-refractivity contribution in [3.8, 4) is 11.3 Å². The third kappa shape index (κ3) is 5.34. The van der Waals surface area contributed by atoms with Crippen LogP contribution < -0.4 is 0 Å². The van der Waals surface area contributed by atoms with Crippen LogP contribution in [0.2, 0.25) is 0 Å². The molecule has 36 heavy (non-hydrogen) atoms. The van der Waals surface area contributed by atoms with Crippen molar-refractivity contribution in [1.82, 2.24) is 4.98 Å². The molecule has 5 rings (SSSR count). The van der Waals surface area contributed by atoms with Crippen molar-refractivity contribution in [1.29, 1.82) is 0 Å². The van der Waals surface area contributed by atoms with E-state index in [4.69, 9.17) is 0 Å². The molecule has 3 aromatic rings. The van der Waals surface area contributed by atoms with Gasteiger partial charge in [0.05, 0.1) is 12.2 Å². The molecule has 0 bridgehead atoms. The number of rotatable bonds is 5. The Kier molecular flexibility index (Phi) is 9.91. The van der Waals surface area contributed by atoms with Gasteiger partial charge in [0.15, 0.2) is 0 Å². The van der Waals surface area contributed by atoms with E-state index >= 15 is 0 Å². The Bertz CT molecular complexity index is 1090. The van der Waals surface area contributed by atoms with Crippen LogP contribution in [0.15, 0.2) is 60.8 Å². The van der Waals surface area contributed by atoms with Gasteiger partial charge < -0.3 is 15.2 Å². The van der Waals surface area contributed by atoms with Crippen LogP contribution in [0.3, 0.4) is 0 Å². The molecule has 4 atom stereocenters. The number of pyridine rings is 1. The van der Waals surface area contributed by atoms with Gasteiger partial charge in [-0.2, -0.15) is 0 Å². The molecule has 3 nitrogen and oxygen atoms in total. The maximum absolute atomic E-state index is 10.9. The molecule has 0 amide bonds. The number of aliphatic hydroxyl groups is 2. The second-order valence-corrected chi connectivity index (χ2v) is 10.8. The number of benzene rings is 2. The Morgan fingerprint density at radius 3 is 2.08 bits per heavy atom. The summed E-state index contributed by atoms with van der Waals surface area (Å²) in [6.45, 7) is 8.79. The summed E-state index contributed by atoms with van der Waals surface area (Å²) in [7, 11) is 0. The average Bonchev–Trinajstić information content (AvgIpc) is 3.22. The maximum atomic E-state index is 10.9. The van der Waals surface area contributed by atoms with Crippen LogP contribution in [0.4, 0.5) is 0 Å². The molecule has 4 unspecified atom stereocenters. The Labute approximate surface area is 231 Å². The van der Waals surface area contributed by atoms with Crippen LogP contribution in [0.1, 0.15) is 72.6 Å². The van der Waals surface area contributed by atoms with Crippen LogP contribution in [-0.2, 0) is 20.1 Å². The van der Waals surface area contributed by atoms with Crippen LogP contribution in [0, 0.1) is 28.7 Å². The van der Waals surface area contributed by atoms with Crippen molar-refractivity contribution >= 4 is 10.8 Å². The van der Waals surface area contributed by atoms with Crippen molar-refractivity contribution in [3.63, 3.8) is 0 Å². The van der Waals surface area contributed by atoms with E-state index in [1.54, 1.807) is 0 Å². The SMILES string of the molecule is CCC1(CC)CCC2CC(CC)(CC)C(O)C2C1O.[Ir].[c-]1ccccc1-c1cc2ccccc2cn1. The van der Waals surface area contributed by atoms with Crippen molar-refractivity contribution in [2.45, 2.75) is 84.8 Å². The molecule has 0 saturated heterocycles. The second kappa shape index (κ2) is 12.3. The minimum absolute atomic E-state index is 0. The first kappa shape index (κ1) is 29.0. The van der Waals surface area contributed by atoms with Gasteiger partial charge in [0.1, 0.15) is 0 Å². The smallest absolute Gasteiger partial charge is 0.0651 e. The van der Waals surface area contributed by atoms with E-state index in [9.17, 15) is 10.2 Å². The Morgan fingerprint density at radius 1 is 0.861 bits per heavy atom. The van der Waals surface area contributed by atoms with Crippen LogP contribution in [0.5, 0.6) is 0 Å². The predicted molar refractivity (Wildman–Crippen MR) is 145 cm³/mol. The van der Waals surface area contributed by atoms with E-state index < -0.39 is 0 Å². The summed E-state index contributed by atoms with van der Waals surface area (Å²) in [6.07, 6.45) is 8.89. The third-order valence-electron chi connectivity index (χ3n) is 9.64. The minimum atomic E-state index is -0.309. The van der Waals surface area contributed by atoms with Gasteiger partial charge in [-0.15, -0.1) is 35.9 Å². The first-order chi connectivity index (χ1) is 16.9. The summed E-state index contributed by atoms with van der Waals surface area (Å²) in [4.78, 5) is 4.45. The normalized spacial score (nSPS) is 25.8. The number of nitrogens with zero attached hydrogens (tertiary/aromatic N) is 1. The molecule has 2 aliphatic rings.